The van der Waals surface area contributed by atoms with Gasteiger partial charge in [0.05, 0.1) is 30.3 Å². The molecule has 0 spiro atoms. The Morgan fingerprint density at radius 3 is 2.42 bits per heavy atom. The molecule has 0 aliphatic carbocycles. The highest BCUT2D eigenvalue weighted by atomic mass is 32.2. The predicted octanol–water partition coefficient (Wildman–Crippen LogP) is 4.17. The Hall–Kier alpha value is -2.77. The second kappa shape index (κ2) is 10.4. The fraction of sp³-hybridized carbons (Fsp3) is 0.385. The van der Waals surface area contributed by atoms with Crippen molar-refractivity contribution in [1.82, 2.24) is 14.5 Å². The van der Waals surface area contributed by atoms with Crippen LogP contribution < -0.4 is 4.90 Å². The van der Waals surface area contributed by atoms with Crippen LogP contribution >= 0.6 is 11.8 Å². The summed E-state index contributed by atoms with van der Waals surface area (Å²) < 4.78 is 8.13. The molecule has 0 radical (unpaired) electrons. The molecule has 6 nitrogen and oxygen atoms in total. The summed E-state index contributed by atoms with van der Waals surface area (Å²) in [5.41, 5.74) is 3.44. The molecule has 1 atom stereocenters. The maximum Gasteiger partial charge on any atom is 0.233 e. The molecule has 1 amide bonds. The highest BCUT2D eigenvalue weighted by molar-refractivity contribution is 7.99. The van der Waals surface area contributed by atoms with Crippen LogP contribution in [-0.4, -0.2) is 65.0 Å². The first-order chi connectivity index (χ1) is 16.3. The minimum atomic E-state index is 0.181. The van der Waals surface area contributed by atoms with Gasteiger partial charge in [0.25, 0.3) is 0 Å². The van der Waals surface area contributed by atoms with Gasteiger partial charge in [0.1, 0.15) is 0 Å². The van der Waals surface area contributed by atoms with Crippen LogP contribution in [0.25, 0.3) is 11.3 Å². The molecule has 33 heavy (non-hydrogen) atoms. The van der Waals surface area contributed by atoms with Gasteiger partial charge in [-0.15, -0.1) is 0 Å². The van der Waals surface area contributed by atoms with E-state index in [1.54, 1.807) is 0 Å². The third-order valence-corrected chi connectivity index (χ3v) is 7.35. The Morgan fingerprint density at radius 2 is 1.73 bits per heavy atom. The summed E-state index contributed by atoms with van der Waals surface area (Å²) in [7, 11) is 0. The number of aromatic nitrogens is 2. The van der Waals surface area contributed by atoms with Gasteiger partial charge in [-0.2, -0.15) is 0 Å². The second-order valence-electron chi connectivity index (χ2n) is 8.53. The van der Waals surface area contributed by atoms with E-state index in [9.17, 15) is 4.79 Å². The zero-order chi connectivity index (χ0) is 22.5. The van der Waals surface area contributed by atoms with E-state index < -0.39 is 0 Å². The number of ether oxygens (including phenoxy) is 1. The lowest BCUT2D eigenvalue weighted by atomic mass is 10.1. The third-order valence-electron chi connectivity index (χ3n) is 6.38. The first-order valence-corrected chi connectivity index (χ1v) is 12.7. The van der Waals surface area contributed by atoms with Crippen LogP contribution in [0.4, 0.5) is 5.69 Å². The maximum absolute atomic E-state index is 13.0. The average molecular weight is 463 g/mol. The zero-order valence-electron chi connectivity index (χ0n) is 18.8. The Morgan fingerprint density at radius 1 is 1.00 bits per heavy atom. The molecule has 3 aromatic rings. The van der Waals surface area contributed by atoms with E-state index in [1.807, 2.05) is 35.4 Å². The number of nitrogens with zero attached hydrogens (tertiary/aromatic N) is 4. The summed E-state index contributed by atoms with van der Waals surface area (Å²) in [5.74, 6) is 0.586. The number of benzene rings is 2. The monoisotopic (exact) mass is 462 g/mol. The van der Waals surface area contributed by atoms with Crippen LogP contribution in [0, 0.1) is 0 Å². The molecule has 1 aromatic heterocycles. The molecule has 2 aromatic carbocycles. The molecule has 0 bridgehead atoms. The fourth-order valence-corrected chi connectivity index (χ4v) is 5.44. The van der Waals surface area contributed by atoms with Gasteiger partial charge in [0, 0.05) is 38.5 Å². The van der Waals surface area contributed by atoms with E-state index in [2.05, 4.69) is 45.9 Å². The second-order valence-corrected chi connectivity index (χ2v) is 9.47. The van der Waals surface area contributed by atoms with Crippen molar-refractivity contribution in [3.8, 4) is 11.3 Å². The van der Waals surface area contributed by atoms with E-state index in [1.165, 1.54) is 17.4 Å². The lowest BCUT2D eigenvalue weighted by molar-refractivity contribution is -0.128. The molecule has 3 heterocycles. The van der Waals surface area contributed by atoms with Gasteiger partial charge in [0.15, 0.2) is 5.16 Å². The van der Waals surface area contributed by atoms with Crippen molar-refractivity contribution in [2.24, 2.45) is 0 Å². The van der Waals surface area contributed by atoms with Crippen molar-refractivity contribution < 1.29 is 9.53 Å². The summed E-state index contributed by atoms with van der Waals surface area (Å²) in [4.78, 5) is 22.0. The number of carbonyl (C=O) groups excluding carboxylic acids is 1. The number of para-hydroxylation sites is 1. The minimum Gasteiger partial charge on any atom is -0.376 e. The minimum absolute atomic E-state index is 0.181. The SMILES string of the molecule is O=C(CSc1ncc(-c2ccccc2)n1CC1CCCO1)N1CCN(c2ccccc2)CC1. The highest BCUT2D eigenvalue weighted by Gasteiger charge is 2.24. The summed E-state index contributed by atoms with van der Waals surface area (Å²) in [6.45, 7) is 4.85. The van der Waals surface area contributed by atoms with Gasteiger partial charge in [-0.05, 0) is 30.5 Å². The number of hydrogen-bond donors (Lipinski definition) is 0. The number of carbonyl (C=O) groups is 1. The fourth-order valence-electron chi connectivity index (χ4n) is 4.55. The molecular weight excluding hydrogens is 432 g/mol. The lowest BCUT2D eigenvalue weighted by Gasteiger charge is -2.36. The van der Waals surface area contributed by atoms with Gasteiger partial charge in [0.2, 0.25) is 5.91 Å². The smallest absolute Gasteiger partial charge is 0.233 e. The molecule has 0 N–H and O–H groups in total. The van der Waals surface area contributed by atoms with Crippen LogP contribution in [0.2, 0.25) is 0 Å². The maximum atomic E-state index is 13.0. The number of imidazole rings is 1. The first kappa shape index (κ1) is 22.0. The molecule has 1 unspecified atom stereocenters. The number of amides is 1. The quantitative estimate of drug-likeness (QED) is 0.493. The van der Waals surface area contributed by atoms with Gasteiger partial charge in [-0.3, -0.25) is 4.79 Å². The molecule has 0 saturated carbocycles. The number of hydrogen-bond acceptors (Lipinski definition) is 5. The molecule has 2 aliphatic heterocycles. The van der Waals surface area contributed by atoms with E-state index in [0.29, 0.717) is 5.75 Å². The summed E-state index contributed by atoms with van der Waals surface area (Å²) in [5, 5.41) is 0.889. The van der Waals surface area contributed by atoms with Crippen LogP contribution in [0.3, 0.4) is 0 Å². The average Bonchev–Trinajstić information content (AvgIpc) is 3.54. The van der Waals surface area contributed by atoms with E-state index >= 15 is 0 Å². The molecule has 172 valence electrons. The first-order valence-electron chi connectivity index (χ1n) is 11.7. The Labute approximate surface area is 199 Å². The Kier molecular flexibility index (Phi) is 6.98. The normalized spacial score (nSPS) is 18.6. The van der Waals surface area contributed by atoms with Crippen LogP contribution in [0.15, 0.2) is 72.0 Å². The van der Waals surface area contributed by atoms with Crippen LogP contribution in [0.1, 0.15) is 12.8 Å². The van der Waals surface area contributed by atoms with Crippen LogP contribution in [0.5, 0.6) is 0 Å². The molecule has 2 aliphatic rings. The number of piperazine rings is 1. The van der Waals surface area contributed by atoms with Crippen molar-refractivity contribution in [2.45, 2.75) is 30.6 Å². The molecule has 2 fully saturated rings. The van der Waals surface area contributed by atoms with Crippen LogP contribution in [-0.2, 0) is 16.1 Å². The number of thioether (sulfide) groups is 1. The Bertz CT molecular complexity index is 1040. The van der Waals surface area contributed by atoms with Gasteiger partial charge < -0.3 is 19.1 Å². The highest BCUT2D eigenvalue weighted by Crippen LogP contribution is 2.28. The van der Waals surface area contributed by atoms with E-state index in [-0.39, 0.29) is 12.0 Å². The Balaban J connectivity index is 1.23. The summed E-state index contributed by atoms with van der Waals surface area (Å²) in [6.07, 6.45) is 4.31. The van der Waals surface area contributed by atoms with Crippen molar-refractivity contribution in [2.75, 3.05) is 43.4 Å². The summed E-state index contributed by atoms with van der Waals surface area (Å²) in [6, 6.07) is 20.7. The standard InChI is InChI=1S/C26H30N4O2S/c31-25(29-15-13-28(14-16-29)22-10-5-2-6-11-22)20-33-26-27-18-24(21-8-3-1-4-9-21)30(26)19-23-12-7-17-32-23/h1-6,8-11,18,23H,7,12-17,19-20H2. The van der Waals surface area contributed by atoms with Gasteiger partial charge in [-0.25, -0.2) is 4.98 Å². The molecule has 5 rings (SSSR count). The molecular formula is C26H30N4O2S. The lowest BCUT2D eigenvalue weighted by Crippen LogP contribution is -2.49. The van der Waals surface area contributed by atoms with Gasteiger partial charge in [-0.1, -0.05) is 60.3 Å². The number of anilines is 1. The zero-order valence-corrected chi connectivity index (χ0v) is 19.6. The molecule has 2 saturated heterocycles. The summed E-state index contributed by atoms with van der Waals surface area (Å²) >= 11 is 1.54. The van der Waals surface area contributed by atoms with E-state index in [4.69, 9.17) is 9.72 Å². The molecule has 7 heteroatoms. The van der Waals surface area contributed by atoms with Crippen molar-refractivity contribution >= 4 is 23.4 Å². The van der Waals surface area contributed by atoms with Gasteiger partial charge >= 0.3 is 0 Å². The van der Waals surface area contributed by atoms with Crippen molar-refractivity contribution in [1.29, 1.82) is 0 Å². The third kappa shape index (κ3) is 5.25. The van der Waals surface area contributed by atoms with Crippen molar-refractivity contribution in [3.05, 3.63) is 66.9 Å². The van der Waals surface area contributed by atoms with Crippen molar-refractivity contribution in [3.63, 3.8) is 0 Å². The van der Waals surface area contributed by atoms with E-state index in [0.717, 1.165) is 68.6 Å². The topological polar surface area (TPSA) is 50.6 Å². The number of rotatable bonds is 7. The predicted molar refractivity (Wildman–Crippen MR) is 133 cm³/mol. The largest absolute Gasteiger partial charge is 0.376 e.